The highest BCUT2D eigenvalue weighted by atomic mass is 16.5. The molecule has 2 unspecified atom stereocenters. The highest BCUT2D eigenvalue weighted by molar-refractivity contribution is 5.87. The maximum absolute atomic E-state index is 11.9. The summed E-state index contributed by atoms with van der Waals surface area (Å²) < 4.78 is 6.16. The summed E-state index contributed by atoms with van der Waals surface area (Å²) in [5.41, 5.74) is 5.08. The quantitative estimate of drug-likeness (QED) is 0.465. The molecule has 2 heterocycles. The second kappa shape index (κ2) is 7.69. The van der Waals surface area contributed by atoms with Gasteiger partial charge in [-0.1, -0.05) is 66.7 Å². The molecule has 0 bridgehead atoms. The maximum Gasteiger partial charge on any atom is 0.321 e. The van der Waals surface area contributed by atoms with Gasteiger partial charge in [-0.15, -0.1) is 0 Å². The van der Waals surface area contributed by atoms with E-state index in [1.807, 2.05) is 78.9 Å². The van der Waals surface area contributed by atoms with Gasteiger partial charge in [-0.2, -0.15) is 0 Å². The number of para-hydroxylation sites is 2. The zero-order chi connectivity index (χ0) is 20.5. The number of aromatic nitrogens is 1. The third kappa shape index (κ3) is 3.33. The molecule has 5 heteroatoms. The number of carboxylic acids is 1. The molecule has 0 radical (unpaired) electrons. The molecule has 0 saturated carbocycles. The van der Waals surface area contributed by atoms with E-state index < -0.39 is 12.0 Å². The van der Waals surface area contributed by atoms with Crippen LogP contribution in [0.25, 0.3) is 10.9 Å². The Hall–Kier alpha value is -3.57. The van der Waals surface area contributed by atoms with Crippen molar-refractivity contribution in [3.05, 3.63) is 101 Å². The molecule has 2 atom stereocenters. The summed E-state index contributed by atoms with van der Waals surface area (Å²) in [5, 5.41) is 14.1. The number of ether oxygens (including phenoxy) is 1. The molecule has 3 aromatic carbocycles. The summed E-state index contributed by atoms with van der Waals surface area (Å²) in [4.78, 5) is 15.4. The first-order chi connectivity index (χ1) is 14.7. The molecule has 1 aliphatic rings. The van der Waals surface area contributed by atoms with E-state index in [0.717, 1.165) is 39.0 Å². The number of carboxylic acid groups (broad SMARTS) is 1. The lowest BCUT2D eigenvalue weighted by Gasteiger charge is -2.30. The highest BCUT2D eigenvalue weighted by Crippen LogP contribution is 2.38. The summed E-state index contributed by atoms with van der Waals surface area (Å²) in [6.45, 7) is 0.451. The normalized spacial score (nSPS) is 18.1. The van der Waals surface area contributed by atoms with Gasteiger partial charge in [-0.05, 0) is 23.3 Å². The number of aromatic amines is 1. The van der Waals surface area contributed by atoms with Crippen molar-refractivity contribution in [3.8, 4) is 5.75 Å². The van der Waals surface area contributed by atoms with Crippen molar-refractivity contribution < 1.29 is 14.6 Å². The van der Waals surface area contributed by atoms with Gasteiger partial charge < -0.3 is 14.8 Å². The number of rotatable bonds is 5. The molecule has 0 fully saturated rings. The van der Waals surface area contributed by atoms with Crippen LogP contribution in [0.2, 0.25) is 0 Å². The fourth-order valence-electron chi connectivity index (χ4n) is 4.22. The van der Waals surface area contributed by atoms with Crippen LogP contribution in [0, 0.1) is 0 Å². The Labute approximate surface area is 174 Å². The van der Waals surface area contributed by atoms with Crippen molar-refractivity contribution in [2.45, 2.75) is 25.1 Å². The van der Waals surface area contributed by atoms with Crippen molar-refractivity contribution >= 4 is 16.9 Å². The lowest BCUT2D eigenvalue weighted by molar-refractivity contribution is -0.139. The van der Waals surface area contributed by atoms with E-state index in [0.29, 0.717) is 13.0 Å². The van der Waals surface area contributed by atoms with E-state index in [2.05, 4.69) is 10.3 Å². The van der Waals surface area contributed by atoms with E-state index in [-0.39, 0.29) is 6.04 Å². The lowest BCUT2D eigenvalue weighted by Crippen LogP contribution is -2.45. The Balaban J connectivity index is 1.56. The van der Waals surface area contributed by atoms with E-state index in [1.54, 1.807) is 0 Å². The van der Waals surface area contributed by atoms with Crippen LogP contribution in [0.5, 0.6) is 5.75 Å². The topological polar surface area (TPSA) is 74.3 Å². The molecular weight excluding hydrogens is 376 g/mol. The van der Waals surface area contributed by atoms with E-state index in [4.69, 9.17) is 4.74 Å². The van der Waals surface area contributed by atoms with Crippen molar-refractivity contribution in [1.82, 2.24) is 10.3 Å². The maximum atomic E-state index is 11.9. The monoisotopic (exact) mass is 398 g/mol. The molecule has 1 aliphatic heterocycles. The Morgan fingerprint density at radius 3 is 2.53 bits per heavy atom. The molecule has 5 rings (SSSR count). The van der Waals surface area contributed by atoms with Gasteiger partial charge in [0.25, 0.3) is 0 Å². The van der Waals surface area contributed by atoms with Crippen LogP contribution < -0.4 is 10.1 Å². The fourth-order valence-corrected chi connectivity index (χ4v) is 4.22. The Bertz CT molecular complexity index is 1200. The van der Waals surface area contributed by atoms with Gasteiger partial charge in [0, 0.05) is 28.6 Å². The summed E-state index contributed by atoms with van der Waals surface area (Å²) in [6.07, 6.45) is 0.443. The molecule has 0 spiro atoms. The molecular formula is C25H22N2O3. The fraction of sp³-hybridized carbons (Fsp3) is 0.160. The first-order valence-electron chi connectivity index (χ1n) is 10.0. The number of nitrogens with one attached hydrogen (secondary N) is 2. The second-order valence-corrected chi connectivity index (χ2v) is 7.57. The minimum absolute atomic E-state index is 0.297. The number of fused-ring (bicyclic) bond motifs is 3. The molecule has 150 valence electrons. The third-order valence-corrected chi connectivity index (χ3v) is 5.68. The van der Waals surface area contributed by atoms with Crippen molar-refractivity contribution in [3.63, 3.8) is 0 Å². The predicted molar refractivity (Wildman–Crippen MR) is 116 cm³/mol. The van der Waals surface area contributed by atoms with Gasteiger partial charge in [0.1, 0.15) is 18.4 Å². The standard InChI is InChI=1S/C25H22N2O3/c28-25(29)21-14-19-17-10-4-6-12-20(17)26-24(19)23(27-21)18-11-5-7-13-22(18)30-15-16-8-2-1-3-9-16/h1-13,21,23,26-27H,14-15H2,(H,28,29). The average Bonchev–Trinajstić information content (AvgIpc) is 3.17. The number of carbonyl (C=O) groups is 1. The van der Waals surface area contributed by atoms with Crippen LogP contribution >= 0.6 is 0 Å². The average molecular weight is 398 g/mol. The van der Waals surface area contributed by atoms with Gasteiger partial charge >= 0.3 is 5.97 Å². The lowest BCUT2D eigenvalue weighted by atomic mass is 9.90. The predicted octanol–water partition coefficient (Wildman–Crippen LogP) is 4.44. The van der Waals surface area contributed by atoms with Gasteiger partial charge in [-0.3, -0.25) is 10.1 Å². The smallest absolute Gasteiger partial charge is 0.321 e. The van der Waals surface area contributed by atoms with Crippen LogP contribution in [-0.2, 0) is 17.8 Å². The number of benzene rings is 3. The minimum atomic E-state index is -0.849. The van der Waals surface area contributed by atoms with Gasteiger partial charge in [0.15, 0.2) is 0 Å². The molecule has 0 saturated heterocycles. The first-order valence-corrected chi connectivity index (χ1v) is 10.0. The van der Waals surface area contributed by atoms with Crippen LogP contribution in [0.15, 0.2) is 78.9 Å². The summed E-state index contributed by atoms with van der Waals surface area (Å²) in [5.74, 6) is -0.104. The van der Waals surface area contributed by atoms with Crippen LogP contribution in [0.4, 0.5) is 0 Å². The number of hydrogen-bond acceptors (Lipinski definition) is 3. The van der Waals surface area contributed by atoms with Gasteiger partial charge in [0.05, 0.1) is 6.04 Å². The Morgan fingerprint density at radius 2 is 1.70 bits per heavy atom. The Kier molecular flexibility index (Phi) is 4.73. The van der Waals surface area contributed by atoms with Crippen molar-refractivity contribution in [1.29, 1.82) is 0 Å². The molecule has 1 aromatic heterocycles. The van der Waals surface area contributed by atoms with Gasteiger partial charge in [0.2, 0.25) is 0 Å². The highest BCUT2D eigenvalue weighted by Gasteiger charge is 2.35. The zero-order valence-corrected chi connectivity index (χ0v) is 16.3. The van der Waals surface area contributed by atoms with Crippen LogP contribution in [0.3, 0.4) is 0 Å². The third-order valence-electron chi connectivity index (χ3n) is 5.68. The second-order valence-electron chi connectivity index (χ2n) is 7.57. The molecule has 30 heavy (non-hydrogen) atoms. The first kappa shape index (κ1) is 18.5. The Morgan fingerprint density at radius 1 is 0.967 bits per heavy atom. The number of aliphatic carboxylic acids is 1. The largest absolute Gasteiger partial charge is 0.489 e. The van der Waals surface area contributed by atoms with E-state index in [9.17, 15) is 9.90 Å². The van der Waals surface area contributed by atoms with Crippen molar-refractivity contribution in [2.24, 2.45) is 0 Å². The summed E-state index contributed by atoms with van der Waals surface area (Å²) in [6, 6.07) is 24.9. The number of hydrogen-bond donors (Lipinski definition) is 3. The van der Waals surface area contributed by atoms with Gasteiger partial charge in [-0.25, -0.2) is 0 Å². The van der Waals surface area contributed by atoms with Crippen LogP contribution in [-0.4, -0.2) is 22.1 Å². The number of H-pyrrole nitrogens is 1. The van der Waals surface area contributed by atoms with E-state index in [1.165, 1.54) is 0 Å². The summed E-state index contributed by atoms with van der Waals surface area (Å²) in [7, 11) is 0. The van der Waals surface area contributed by atoms with Crippen molar-refractivity contribution in [2.75, 3.05) is 0 Å². The minimum Gasteiger partial charge on any atom is -0.489 e. The molecule has 3 N–H and O–H groups in total. The molecule has 5 nitrogen and oxygen atoms in total. The molecule has 0 aliphatic carbocycles. The molecule has 0 amide bonds. The van der Waals surface area contributed by atoms with Crippen LogP contribution in [0.1, 0.15) is 28.4 Å². The molecule has 4 aromatic rings. The van der Waals surface area contributed by atoms with E-state index >= 15 is 0 Å². The summed E-state index contributed by atoms with van der Waals surface area (Å²) >= 11 is 0. The SMILES string of the molecule is O=C(O)C1Cc2c([nH]c3ccccc23)C(c2ccccc2OCc2ccccc2)N1. The zero-order valence-electron chi connectivity index (χ0n) is 16.3.